The van der Waals surface area contributed by atoms with Gasteiger partial charge in [-0.1, -0.05) is 24.3 Å². The fourth-order valence-corrected chi connectivity index (χ4v) is 3.71. The first-order valence-corrected chi connectivity index (χ1v) is 11.8. The predicted octanol–water partition coefficient (Wildman–Crippen LogP) is 2.45. The molecule has 1 unspecified atom stereocenters. The van der Waals surface area contributed by atoms with Crippen molar-refractivity contribution < 1.29 is 37.7 Å². The van der Waals surface area contributed by atoms with E-state index in [9.17, 15) is 18.4 Å². The Morgan fingerprint density at radius 2 is 1.84 bits per heavy atom. The van der Waals surface area contributed by atoms with Crippen molar-refractivity contribution in [1.82, 2.24) is 10.2 Å². The molecule has 4 N–H and O–H groups in total. The Morgan fingerprint density at radius 3 is 2.43 bits per heavy atom. The molecule has 2 aromatic rings. The van der Waals surface area contributed by atoms with Gasteiger partial charge in [0, 0.05) is 50.5 Å². The van der Waals surface area contributed by atoms with E-state index in [4.69, 9.17) is 25.1 Å². The average Bonchev–Trinajstić information content (AvgIpc) is 2.87. The smallest absolute Gasteiger partial charge is 0.433 e. The van der Waals surface area contributed by atoms with Crippen molar-refractivity contribution in [2.24, 2.45) is 10.7 Å². The zero-order valence-electron chi connectivity index (χ0n) is 20.4. The monoisotopic (exact) mass is 520 g/mol. The number of morpholine rings is 1. The molecule has 0 radical (unpaired) electrons. The molecule has 1 aliphatic rings. The highest BCUT2D eigenvalue weighted by Gasteiger charge is 2.28. The third-order valence-electron chi connectivity index (χ3n) is 5.60. The van der Waals surface area contributed by atoms with Gasteiger partial charge in [-0.2, -0.15) is 4.99 Å². The van der Waals surface area contributed by atoms with Gasteiger partial charge in [-0.15, -0.1) is 0 Å². The molecule has 1 saturated heterocycles. The van der Waals surface area contributed by atoms with Gasteiger partial charge in [-0.3, -0.25) is 9.69 Å². The molecule has 0 bridgehead atoms. The molecule has 3 rings (SSSR count). The van der Waals surface area contributed by atoms with Crippen molar-refractivity contribution in [3.8, 4) is 5.75 Å². The molecule has 1 fully saturated rings. The first-order chi connectivity index (χ1) is 17.8. The fourth-order valence-electron chi connectivity index (χ4n) is 3.71. The summed E-state index contributed by atoms with van der Waals surface area (Å²) >= 11 is 0. The van der Waals surface area contributed by atoms with Crippen LogP contribution in [0.5, 0.6) is 5.75 Å². The number of aliphatic imine (C=N–C) groups is 1. The first-order valence-electron chi connectivity index (χ1n) is 11.8. The molecule has 2 aromatic carbocycles. The van der Waals surface area contributed by atoms with E-state index >= 15 is 0 Å². The van der Waals surface area contributed by atoms with Crippen molar-refractivity contribution in [3.63, 3.8) is 0 Å². The number of hydrogen-bond donors (Lipinski definition) is 3. The lowest BCUT2D eigenvalue weighted by Crippen LogP contribution is -2.38. The van der Waals surface area contributed by atoms with Crippen molar-refractivity contribution in [1.29, 1.82) is 0 Å². The number of carboxylic acid groups (broad SMARTS) is 1. The number of hydrogen-bond acceptors (Lipinski definition) is 6. The number of nitrogens with zero attached hydrogens (tertiary/aromatic N) is 2. The van der Waals surface area contributed by atoms with E-state index in [-0.39, 0.29) is 31.3 Å². The Kier molecular flexibility index (Phi) is 10.3. The third kappa shape index (κ3) is 8.20. The van der Waals surface area contributed by atoms with Crippen LogP contribution in [0.1, 0.15) is 29.7 Å². The number of carbonyl (C=O) groups excluding carboxylic acids is 1. The van der Waals surface area contributed by atoms with E-state index in [1.54, 1.807) is 31.2 Å². The van der Waals surface area contributed by atoms with Gasteiger partial charge in [0.25, 0.3) is 5.91 Å². The lowest BCUT2D eigenvalue weighted by Gasteiger charge is -2.26. The maximum absolute atomic E-state index is 14.9. The van der Waals surface area contributed by atoms with Crippen LogP contribution in [-0.4, -0.2) is 73.9 Å². The summed E-state index contributed by atoms with van der Waals surface area (Å²) in [4.78, 5) is 28.8. The van der Waals surface area contributed by atoms with Gasteiger partial charge >= 0.3 is 6.09 Å². The highest BCUT2D eigenvalue weighted by atomic mass is 19.1. The Hall–Kier alpha value is -3.61. The number of amidine groups is 1. The van der Waals surface area contributed by atoms with E-state index in [2.05, 4.69) is 15.2 Å². The van der Waals surface area contributed by atoms with Crippen LogP contribution in [-0.2, 0) is 20.8 Å². The number of benzene rings is 2. The van der Waals surface area contributed by atoms with Gasteiger partial charge in [0.15, 0.2) is 6.10 Å². The minimum atomic E-state index is -1.51. The lowest BCUT2D eigenvalue weighted by atomic mass is 10.1. The Morgan fingerprint density at radius 1 is 1.19 bits per heavy atom. The summed E-state index contributed by atoms with van der Waals surface area (Å²) in [5, 5.41) is 11.3. The molecule has 0 aliphatic carbocycles. The van der Waals surface area contributed by atoms with Crippen LogP contribution in [0.25, 0.3) is 0 Å². The number of nitrogens with two attached hydrogens (primary N) is 1. The average molecular weight is 521 g/mol. The molecule has 2 amide bonds. The van der Waals surface area contributed by atoms with Crippen molar-refractivity contribution >= 4 is 17.8 Å². The second-order valence-electron chi connectivity index (χ2n) is 8.13. The largest absolute Gasteiger partial charge is 0.492 e. The highest BCUT2D eigenvalue weighted by Crippen LogP contribution is 2.28. The van der Waals surface area contributed by atoms with Crippen LogP contribution < -0.4 is 15.8 Å². The van der Waals surface area contributed by atoms with Crippen molar-refractivity contribution in [2.45, 2.75) is 19.6 Å². The second kappa shape index (κ2) is 13.6. The molecular weight excluding hydrogens is 490 g/mol. The summed E-state index contributed by atoms with van der Waals surface area (Å²) < 4.78 is 46.1. The van der Waals surface area contributed by atoms with Crippen molar-refractivity contribution in [3.05, 3.63) is 64.7 Å². The van der Waals surface area contributed by atoms with E-state index in [1.165, 1.54) is 0 Å². The second-order valence-corrected chi connectivity index (χ2v) is 8.13. The van der Waals surface area contributed by atoms with Gasteiger partial charge < -0.3 is 30.4 Å². The van der Waals surface area contributed by atoms with E-state index < -0.39 is 35.3 Å². The van der Waals surface area contributed by atoms with Crippen LogP contribution in [0.4, 0.5) is 13.6 Å². The quantitative estimate of drug-likeness (QED) is 0.304. The minimum Gasteiger partial charge on any atom is -0.492 e. The maximum Gasteiger partial charge on any atom is 0.433 e. The molecule has 1 atom stereocenters. The number of rotatable bonds is 11. The third-order valence-corrected chi connectivity index (χ3v) is 5.60. The van der Waals surface area contributed by atoms with E-state index in [0.717, 1.165) is 25.2 Å². The van der Waals surface area contributed by atoms with Crippen LogP contribution in [0.2, 0.25) is 0 Å². The highest BCUT2D eigenvalue weighted by molar-refractivity contribution is 6.02. The van der Waals surface area contributed by atoms with Crippen molar-refractivity contribution in [2.75, 3.05) is 46.1 Å². The van der Waals surface area contributed by atoms with Gasteiger partial charge in [0.1, 0.15) is 29.8 Å². The summed E-state index contributed by atoms with van der Waals surface area (Å²) in [5.41, 5.74) is 6.12. The predicted molar refractivity (Wildman–Crippen MR) is 131 cm³/mol. The summed E-state index contributed by atoms with van der Waals surface area (Å²) in [6.45, 7) is 5.36. The van der Waals surface area contributed by atoms with Crippen LogP contribution in [0.15, 0.2) is 41.4 Å². The fraction of sp³-hybridized carbons (Fsp3) is 0.400. The summed E-state index contributed by atoms with van der Waals surface area (Å²) in [7, 11) is 0. The molecule has 0 spiro atoms. The van der Waals surface area contributed by atoms with E-state index in [0.29, 0.717) is 30.9 Å². The van der Waals surface area contributed by atoms with Gasteiger partial charge in [-0.25, -0.2) is 13.6 Å². The van der Waals surface area contributed by atoms with Gasteiger partial charge in [0.05, 0.1) is 18.8 Å². The number of nitrogens with one attached hydrogen (secondary N) is 1. The SMILES string of the molecule is CCOC(C(=O)NCc1ccc(/C(N)=N\C(=O)O)cc1)c1c(F)cc(OCCN2CCOCC2)cc1F. The molecule has 37 heavy (non-hydrogen) atoms. The van der Waals surface area contributed by atoms with Gasteiger partial charge in [0.2, 0.25) is 0 Å². The minimum absolute atomic E-state index is 0.0217. The number of carbonyl (C=O) groups is 2. The normalized spacial score (nSPS) is 15.3. The molecule has 10 nitrogen and oxygen atoms in total. The maximum atomic E-state index is 14.9. The van der Waals surface area contributed by atoms with Crippen LogP contribution in [0, 0.1) is 11.6 Å². The topological polar surface area (TPSA) is 136 Å². The van der Waals surface area contributed by atoms with Crippen LogP contribution in [0.3, 0.4) is 0 Å². The molecule has 12 heteroatoms. The summed E-state index contributed by atoms with van der Waals surface area (Å²) in [6.07, 6.45) is -2.92. The number of ether oxygens (including phenoxy) is 3. The molecule has 1 heterocycles. The molecular formula is C25H30F2N4O6. The molecule has 0 aromatic heterocycles. The first kappa shape index (κ1) is 28.0. The zero-order chi connectivity index (χ0) is 26.8. The number of amides is 2. The van der Waals surface area contributed by atoms with Gasteiger partial charge in [-0.05, 0) is 12.5 Å². The van der Waals surface area contributed by atoms with E-state index in [1.807, 2.05) is 0 Å². The molecule has 0 saturated carbocycles. The number of halogens is 2. The molecule has 1 aliphatic heterocycles. The van der Waals surface area contributed by atoms with Crippen LogP contribution >= 0.6 is 0 Å². The summed E-state index contributed by atoms with van der Waals surface area (Å²) in [6, 6.07) is 8.39. The summed E-state index contributed by atoms with van der Waals surface area (Å²) in [5.74, 6) is -2.77. The zero-order valence-corrected chi connectivity index (χ0v) is 20.4. The Balaban J connectivity index is 1.63. The Labute approximate surface area is 213 Å². The molecule has 200 valence electrons. The Bertz CT molecular complexity index is 1080. The standard InChI is InChI=1S/C25H30F2N4O6/c1-2-36-22(24(32)29-15-16-3-5-17(6-4-16)23(28)30-25(33)34)21-19(26)13-18(14-20(21)27)37-12-9-31-7-10-35-11-8-31/h3-6,13-14,22H,2,7-12,15H2,1H3,(H2,28,30)(H,29,32)(H,33,34). The lowest BCUT2D eigenvalue weighted by molar-refractivity contribution is -0.133.